The highest BCUT2D eigenvalue weighted by atomic mass is 16.1. The van der Waals surface area contributed by atoms with Gasteiger partial charge in [0.15, 0.2) is 0 Å². The van der Waals surface area contributed by atoms with E-state index in [4.69, 9.17) is 0 Å². The summed E-state index contributed by atoms with van der Waals surface area (Å²) in [7, 11) is 0. The van der Waals surface area contributed by atoms with Crippen LogP contribution >= 0.6 is 0 Å². The molecular weight excluding hydrogens is 356 g/mol. The molecule has 1 aliphatic heterocycles. The normalized spacial score (nSPS) is 16.2. The maximum atomic E-state index is 12.9. The number of aryl methyl sites for hydroxylation is 1. The fraction of sp³-hybridized carbons (Fsp3) is 0.346. The maximum Gasteiger partial charge on any atom is 0.258 e. The second-order valence-corrected chi connectivity index (χ2v) is 7.60. The Morgan fingerprint density at radius 2 is 1.90 bits per heavy atom. The van der Waals surface area contributed by atoms with Gasteiger partial charge >= 0.3 is 0 Å². The summed E-state index contributed by atoms with van der Waals surface area (Å²) in [5, 5.41) is 5.21. The zero-order chi connectivity index (χ0) is 20.8. The van der Waals surface area contributed by atoms with Crippen molar-refractivity contribution in [2.75, 3.05) is 13.1 Å². The first-order valence-corrected chi connectivity index (χ1v) is 10.7. The Bertz CT molecular complexity index is 1020. The fourth-order valence-electron chi connectivity index (χ4n) is 3.89. The summed E-state index contributed by atoms with van der Waals surface area (Å²) in [6.07, 6.45) is 4.28. The van der Waals surface area contributed by atoms with Crippen molar-refractivity contribution in [2.24, 2.45) is 5.92 Å². The summed E-state index contributed by atoms with van der Waals surface area (Å²) in [6, 6.07) is 16.5. The standard InChI is InChI=1S/C24H26N2O.C2H6/c1-17-5-7-19(8-6-17)16-26-13-11-21-14-20(9-10-23(21)24(26)27)18(2)22-4-3-12-25-15-22;1-2/h5-11,13-14,22,25H,2-4,12,15-16H2,1H3;1-2H3/t22-;/m1./s1. The quantitative estimate of drug-likeness (QED) is 0.649. The molecule has 1 saturated heterocycles. The van der Waals surface area contributed by atoms with Gasteiger partial charge in [0, 0.05) is 18.1 Å². The number of aromatic nitrogens is 1. The highest BCUT2D eigenvalue weighted by Gasteiger charge is 2.17. The van der Waals surface area contributed by atoms with Gasteiger partial charge in [-0.25, -0.2) is 0 Å². The van der Waals surface area contributed by atoms with Gasteiger partial charge in [-0.1, -0.05) is 56.3 Å². The zero-order valence-corrected chi connectivity index (χ0v) is 17.9. The van der Waals surface area contributed by atoms with E-state index in [-0.39, 0.29) is 5.56 Å². The lowest BCUT2D eigenvalue weighted by molar-refractivity contribution is 0.448. The first-order chi connectivity index (χ1) is 14.1. The van der Waals surface area contributed by atoms with E-state index >= 15 is 0 Å². The summed E-state index contributed by atoms with van der Waals surface area (Å²) in [4.78, 5) is 12.9. The zero-order valence-electron chi connectivity index (χ0n) is 17.9. The van der Waals surface area contributed by atoms with E-state index in [0.29, 0.717) is 12.5 Å². The van der Waals surface area contributed by atoms with Gasteiger partial charge < -0.3 is 9.88 Å². The fourth-order valence-corrected chi connectivity index (χ4v) is 3.89. The van der Waals surface area contributed by atoms with Gasteiger partial charge in [-0.2, -0.15) is 0 Å². The lowest BCUT2D eigenvalue weighted by Crippen LogP contribution is -2.30. The van der Waals surface area contributed by atoms with Crippen molar-refractivity contribution in [1.29, 1.82) is 0 Å². The largest absolute Gasteiger partial charge is 0.316 e. The number of hydrogen-bond donors (Lipinski definition) is 1. The van der Waals surface area contributed by atoms with Gasteiger partial charge in [0.2, 0.25) is 0 Å². The average molecular weight is 389 g/mol. The lowest BCUT2D eigenvalue weighted by atomic mass is 9.87. The van der Waals surface area contributed by atoms with Crippen molar-refractivity contribution in [3.63, 3.8) is 0 Å². The molecule has 1 aromatic heterocycles. The highest BCUT2D eigenvalue weighted by Crippen LogP contribution is 2.28. The molecule has 2 heterocycles. The van der Waals surface area contributed by atoms with Gasteiger partial charge in [-0.3, -0.25) is 4.79 Å². The summed E-state index contributed by atoms with van der Waals surface area (Å²) in [5.74, 6) is 0.484. The number of piperidine rings is 1. The number of nitrogens with zero attached hydrogens (tertiary/aromatic N) is 1. The third-order valence-electron chi connectivity index (χ3n) is 5.61. The summed E-state index contributed by atoms with van der Waals surface area (Å²) >= 11 is 0. The van der Waals surface area contributed by atoms with E-state index in [1.165, 1.54) is 24.0 Å². The molecule has 1 atom stereocenters. The molecule has 0 bridgehead atoms. The Morgan fingerprint density at radius 3 is 2.59 bits per heavy atom. The van der Waals surface area contributed by atoms with Crippen LogP contribution in [-0.4, -0.2) is 17.7 Å². The molecule has 152 valence electrons. The monoisotopic (exact) mass is 388 g/mol. The first kappa shape index (κ1) is 21.1. The summed E-state index contributed by atoms with van der Waals surface area (Å²) in [5.41, 5.74) is 4.74. The average Bonchev–Trinajstić information content (AvgIpc) is 2.78. The number of nitrogens with one attached hydrogen (secondary N) is 1. The van der Waals surface area contributed by atoms with Crippen LogP contribution in [0.3, 0.4) is 0 Å². The molecule has 0 amide bonds. The molecule has 0 aliphatic carbocycles. The van der Waals surface area contributed by atoms with Crippen LogP contribution in [0.25, 0.3) is 16.3 Å². The molecule has 1 fully saturated rings. The van der Waals surface area contributed by atoms with Crippen LogP contribution in [-0.2, 0) is 6.54 Å². The minimum Gasteiger partial charge on any atom is -0.316 e. The van der Waals surface area contributed by atoms with Crippen LogP contribution in [0.4, 0.5) is 0 Å². The molecule has 3 heteroatoms. The molecule has 2 aromatic carbocycles. The Morgan fingerprint density at radius 1 is 1.14 bits per heavy atom. The Labute approximate surface area is 174 Å². The molecule has 29 heavy (non-hydrogen) atoms. The predicted octanol–water partition coefficient (Wildman–Crippen LogP) is 5.40. The summed E-state index contributed by atoms with van der Waals surface area (Å²) in [6.45, 7) is 13.1. The second-order valence-electron chi connectivity index (χ2n) is 7.60. The molecule has 4 rings (SSSR count). The maximum absolute atomic E-state index is 12.9. The molecule has 3 aromatic rings. The van der Waals surface area contributed by atoms with Crippen LogP contribution in [0.5, 0.6) is 0 Å². The number of rotatable bonds is 4. The van der Waals surface area contributed by atoms with E-state index in [9.17, 15) is 4.79 Å². The van der Waals surface area contributed by atoms with Crippen molar-refractivity contribution in [1.82, 2.24) is 9.88 Å². The number of pyridine rings is 1. The van der Waals surface area contributed by atoms with E-state index in [0.717, 1.165) is 35.0 Å². The minimum atomic E-state index is 0.0598. The van der Waals surface area contributed by atoms with Crippen LogP contribution in [0.2, 0.25) is 0 Å². The summed E-state index contributed by atoms with van der Waals surface area (Å²) < 4.78 is 1.78. The van der Waals surface area contributed by atoms with Crippen LogP contribution in [0.1, 0.15) is 43.4 Å². The van der Waals surface area contributed by atoms with Gasteiger partial charge in [0.05, 0.1) is 6.54 Å². The highest BCUT2D eigenvalue weighted by molar-refractivity contribution is 5.85. The van der Waals surface area contributed by atoms with E-state index in [1.54, 1.807) is 4.57 Å². The molecule has 0 radical (unpaired) electrons. The van der Waals surface area contributed by atoms with Crippen molar-refractivity contribution >= 4 is 16.3 Å². The molecule has 3 nitrogen and oxygen atoms in total. The number of fused-ring (bicyclic) bond motifs is 1. The Hall–Kier alpha value is -2.65. The van der Waals surface area contributed by atoms with Crippen molar-refractivity contribution in [3.8, 4) is 0 Å². The third-order valence-corrected chi connectivity index (χ3v) is 5.61. The lowest BCUT2D eigenvalue weighted by Gasteiger charge is -2.25. The van der Waals surface area contributed by atoms with E-state index in [2.05, 4.69) is 55.2 Å². The number of hydrogen-bond acceptors (Lipinski definition) is 2. The molecular formula is C26H32N2O. The Kier molecular flexibility index (Phi) is 7.05. The topological polar surface area (TPSA) is 34.0 Å². The molecule has 0 saturated carbocycles. The Balaban J connectivity index is 0.00000117. The van der Waals surface area contributed by atoms with Crippen molar-refractivity contribution in [3.05, 3.63) is 88.4 Å². The van der Waals surface area contributed by atoms with Crippen molar-refractivity contribution in [2.45, 2.75) is 40.2 Å². The SMILES string of the molecule is C=C(c1ccc2c(=O)n(Cc3ccc(C)cc3)ccc2c1)[C@@H]1CCCNC1.CC. The molecule has 1 N–H and O–H groups in total. The molecule has 0 spiro atoms. The van der Waals surface area contributed by atoms with Crippen LogP contribution in [0.15, 0.2) is 66.1 Å². The van der Waals surface area contributed by atoms with Crippen molar-refractivity contribution < 1.29 is 0 Å². The molecule has 0 unspecified atom stereocenters. The second kappa shape index (κ2) is 9.71. The van der Waals surface area contributed by atoms with Gasteiger partial charge in [-0.05, 0) is 72.5 Å². The van der Waals surface area contributed by atoms with Gasteiger partial charge in [-0.15, -0.1) is 0 Å². The third kappa shape index (κ3) is 4.86. The predicted molar refractivity (Wildman–Crippen MR) is 124 cm³/mol. The van der Waals surface area contributed by atoms with E-state index in [1.807, 2.05) is 32.2 Å². The van der Waals surface area contributed by atoms with Gasteiger partial charge in [0.1, 0.15) is 0 Å². The first-order valence-electron chi connectivity index (χ1n) is 10.7. The molecule has 1 aliphatic rings. The van der Waals surface area contributed by atoms with E-state index < -0.39 is 0 Å². The smallest absolute Gasteiger partial charge is 0.258 e. The van der Waals surface area contributed by atoms with Crippen LogP contribution < -0.4 is 10.9 Å². The minimum absolute atomic E-state index is 0.0598. The van der Waals surface area contributed by atoms with Gasteiger partial charge in [0.25, 0.3) is 5.56 Å². The van der Waals surface area contributed by atoms with Crippen LogP contribution in [0, 0.1) is 12.8 Å². The number of benzene rings is 2.